The molecule has 0 saturated carbocycles. The Morgan fingerprint density at radius 3 is 2.73 bits per heavy atom. The molecule has 0 amide bonds. The Morgan fingerprint density at radius 2 is 1.97 bits per heavy atom. The maximum absolute atomic E-state index is 11.0. The molecule has 12 heteroatoms. The fraction of sp³-hybridized carbons (Fsp3) is 0.520. The number of nitrogen functional groups attached to an aromatic ring is 1. The van der Waals surface area contributed by atoms with Crippen molar-refractivity contribution in [1.82, 2.24) is 24.4 Å². The van der Waals surface area contributed by atoms with Gasteiger partial charge in [-0.05, 0) is 33.4 Å². The van der Waals surface area contributed by atoms with Crippen LogP contribution < -0.4 is 5.73 Å². The molecule has 200 valence electrons. The van der Waals surface area contributed by atoms with Gasteiger partial charge in [-0.2, -0.15) is 0 Å². The minimum absolute atomic E-state index is 0.230. The van der Waals surface area contributed by atoms with E-state index < -0.39 is 24.5 Å². The molecule has 12 nitrogen and oxygen atoms in total. The van der Waals surface area contributed by atoms with Gasteiger partial charge in [0.25, 0.3) is 0 Å². The standard InChI is InChI=1S/C25H35N7O5/c1-4-35-16(2)30-36-13-9-8-12-31(3)14-18-20(33)21(34)25(37-18)32-23(17-10-6-5-7-11-17)29-19-22(26)27-15-28-24(19)32/h5-7,10-11,15,18,20-21,25,33-34H,4,8-9,12-14H2,1-3H3,(H2,26,27,28)/t18-,20?,21?,25-/m1/s1. The molecular weight excluding hydrogens is 478 g/mol. The van der Waals surface area contributed by atoms with E-state index in [1.807, 2.05) is 44.3 Å². The number of oxime groups is 1. The number of nitrogens with zero attached hydrogens (tertiary/aromatic N) is 6. The van der Waals surface area contributed by atoms with E-state index in [4.69, 9.17) is 20.0 Å². The highest BCUT2D eigenvalue weighted by Gasteiger charge is 2.45. The van der Waals surface area contributed by atoms with Crippen LogP contribution in [-0.2, 0) is 14.3 Å². The van der Waals surface area contributed by atoms with Crippen LogP contribution in [0.5, 0.6) is 0 Å². The Bertz CT molecular complexity index is 1190. The molecule has 1 aliphatic heterocycles. The lowest BCUT2D eigenvalue weighted by Gasteiger charge is -2.23. The summed E-state index contributed by atoms with van der Waals surface area (Å²) in [6.07, 6.45) is -0.755. The monoisotopic (exact) mass is 513 g/mol. The predicted octanol–water partition coefficient (Wildman–Crippen LogP) is 1.79. The zero-order valence-electron chi connectivity index (χ0n) is 21.4. The van der Waals surface area contributed by atoms with Crippen LogP contribution in [0.1, 0.15) is 32.9 Å². The number of rotatable bonds is 11. The van der Waals surface area contributed by atoms with E-state index in [0.29, 0.717) is 42.6 Å². The first-order valence-electron chi connectivity index (χ1n) is 12.4. The second-order valence-electron chi connectivity index (χ2n) is 8.99. The topological polar surface area (TPSA) is 153 Å². The smallest absolute Gasteiger partial charge is 0.222 e. The number of benzene rings is 1. The molecule has 37 heavy (non-hydrogen) atoms. The fourth-order valence-corrected chi connectivity index (χ4v) is 4.37. The Balaban J connectivity index is 1.42. The average Bonchev–Trinajstić information content (AvgIpc) is 3.40. The van der Waals surface area contributed by atoms with Crippen molar-refractivity contribution in [2.24, 2.45) is 5.16 Å². The van der Waals surface area contributed by atoms with Crippen LogP contribution in [0.3, 0.4) is 0 Å². The van der Waals surface area contributed by atoms with Gasteiger partial charge in [0.2, 0.25) is 5.90 Å². The van der Waals surface area contributed by atoms with Gasteiger partial charge in [-0.3, -0.25) is 4.57 Å². The van der Waals surface area contributed by atoms with Gasteiger partial charge in [-0.1, -0.05) is 35.5 Å². The normalized spacial score (nSPS) is 22.2. The van der Waals surface area contributed by atoms with Crippen molar-refractivity contribution in [2.75, 3.05) is 39.1 Å². The summed E-state index contributed by atoms with van der Waals surface area (Å²) in [6, 6.07) is 9.49. The summed E-state index contributed by atoms with van der Waals surface area (Å²) in [6.45, 7) is 5.89. The van der Waals surface area contributed by atoms with Crippen molar-refractivity contribution in [3.05, 3.63) is 36.7 Å². The third-order valence-electron chi connectivity index (χ3n) is 6.19. The Kier molecular flexibility index (Phi) is 8.87. The number of likely N-dealkylation sites (N-methyl/N-ethyl adjacent to an activating group) is 1. The number of unbranched alkanes of at least 4 members (excludes halogenated alkanes) is 1. The minimum Gasteiger partial charge on any atom is -0.479 e. The maximum atomic E-state index is 11.0. The number of hydrogen-bond donors (Lipinski definition) is 3. The highest BCUT2D eigenvalue weighted by Crippen LogP contribution is 2.36. The first kappa shape index (κ1) is 26.7. The number of nitrogens with two attached hydrogens (primary N) is 1. The molecule has 2 aromatic heterocycles. The van der Waals surface area contributed by atoms with Crippen molar-refractivity contribution >= 4 is 22.9 Å². The van der Waals surface area contributed by atoms with E-state index in [9.17, 15) is 10.2 Å². The lowest BCUT2D eigenvalue weighted by atomic mass is 10.1. The molecule has 2 unspecified atom stereocenters. The zero-order chi connectivity index (χ0) is 26.4. The highest BCUT2D eigenvalue weighted by atomic mass is 16.6. The Hall–Kier alpha value is -3.32. The minimum atomic E-state index is -1.19. The molecule has 1 saturated heterocycles. The lowest BCUT2D eigenvalue weighted by Crippen LogP contribution is -2.38. The summed E-state index contributed by atoms with van der Waals surface area (Å²) < 4.78 is 13.1. The molecule has 1 fully saturated rings. The van der Waals surface area contributed by atoms with E-state index >= 15 is 0 Å². The molecule has 0 bridgehead atoms. The third-order valence-corrected chi connectivity index (χ3v) is 6.19. The van der Waals surface area contributed by atoms with E-state index in [1.54, 1.807) is 11.5 Å². The van der Waals surface area contributed by atoms with Crippen LogP contribution in [-0.4, -0.2) is 92.2 Å². The third kappa shape index (κ3) is 6.16. The van der Waals surface area contributed by atoms with Gasteiger partial charge >= 0.3 is 0 Å². The maximum Gasteiger partial charge on any atom is 0.222 e. The number of imidazole rings is 1. The van der Waals surface area contributed by atoms with Gasteiger partial charge in [-0.15, -0.1) is 0 Å². The quantitative estimate of drug-likeness (QED) is 0.150. The van der Waals surface area contributed by atoms with Crippen LogP contribution in [0, 0.1) is 0 Å². The molecule has 0 spiro atoms. The predicted molar refractivity (Wildman–Crippen MR) is 139 cm³/mol. The van der Waals surface area contributed by atoms with Crippen molar-refractivity contribution in [3.63, 3.8) is 0 Å². The molecule has 1 aromatic carbocycles. The van der Waals surface area contributed by atoms with Gasteiger partial charge in [0.15, 0.2) is 23.2 Å². The number of anilines is 1. The van der Waals surface area contributed by atoms with Gasteiger partial charge in [0.05, 0.1) is 6.61 Å². The zero-order valence-corrected chi connectivity index (χ0v) is 21.4. The number of fused-ring (bicyclic) bond motifs is 1. The number of aliphatic hydroxyl groups is 2. The summed E-state index contributed by atoms with van der Waals surface area (Å²) in [5, 5.41) is 25.8. The first-order valence-corrected chi connectivity index (χ1v) is 12.4. The summed E-state index contributed by atoms with van der Waals surface area (Å²) >= 11 is 0. The molecule has 3 aromatic rings. The summed E-state index contributed by atoms with van der Waals surface area (Å²) in [5.74, 6) is 1.26. The first-order chi connectivity index (χ1) is 17.9. The molecular formula is C25H35N7O5. The molecule has 4 rings (SSSR count). The Labute approximate surface area is 215 Å². The van der Waals surface area contributed by atoms with Crippen LogP contribution in [0.15, 0.2) is 41.8 Å². The summed E-state index contributed by atoms with van der Waals surface area (Å²) in [4.78, 5) is 20.4. The largest absolute Gasteiger partial charge is 0.479 e. The molecule has 1 aliphatic rings. The SMILES string of the molecule is CCOC(C)=NOCCCCN(C)C[C@H]1O[C@@H](n2c(-c3ccccc3)nc3c(N)ncnc32)C(O)C1O. The molecule has 0 radical (unpaired) electrons. The number of hydrogen-bond acceptors (Lipinski definition) is 11. The Morgan fingerprint density at radius 1 is 1.19 bits per heavy atom. The average molecular weight is 514 g/mol. The van der Waals surface area contributed by atoms with E-state index in [-0.39, 0.29) is 5.82 Å². The van der Waals surface area contributed by atoms with Crippen LogP contribution >= 0.6 is 0 Å². The van der Waals surface area contributed by atoms with E-state index in [1.165, 1.54) is 6.33 Å². The molecule has 4 N–H and O–H groups in total. The van der Waals surface area contributed by atoms with Crippen molar-refractivity contribution in [1.29, 1.82) is 0 Å². The van der Waals surface area contributed by atoms with Gasteiger partial charge < -0.3 is 35.2 Å². The van der Waals surface area contributed by atoms with Crippen molar-refractivity contribution in [3.8, 4) is 11.4 Å². The molecule has 3 heterocycles. The van der Waals surface area contributed by atoms with Crippen molar-refractivity contribution < 1.29 is 24.5 Å². The summed E-state index contributed by atoms with van der Waals surface area (Å²) in [7, 11) is 1.95. The number of aromatic nitrogens is 4. The van der Waals surface area contributed by atoms with E-state index in [0.717, 1.165) is 24.9 Å². The molecule has 0 aliphatic carbocycles. The van der Waals surface area contributed by atoms with Crippen LogP contribution in [0.4, 0.5) is 5.82 Å². The molecule has 4 atom stereocenters. The fourth-order valence-electron chi connectivity index (χ4n) is 4.37. The van der Waals surface area contributed by atoms with Crippen LogP contribution in [0.2, 0.25) is 0 Å². The van der Waals surface area contributed by atoms with Crippen molar-refractivity contribution in [2.45, 2.75) is 51.2 Å². The van der Waals surface area contributed by atoms with Gasteiger partial charge in [0, 0.05) is 19.0 Å². The van der Waals surface area contributed by atoms with Gasteiger partial charge in [0.1, 0.15) is 37.1 Å². The number of ether oxygens (including phenoxy) is 2. The van der Waals surface area contributed by atoms with Crippen LogP contribution in [0.25, 0.3) is 22.6 Å². The summed E-state index contributed by atoms with van der Waals surface area (Å²) in [5.41, 5.74) is 7.71. The second kappa shape index (κ2) is 12.3. The highest BCUT2D eigenvalue weighted by molar-refractivity contribution is 5.85. The van der Waals surface area contributed by atoms with Gasteiger partial charge in [-0.25, -0.2) is 15.0 Å². The lowest BCUT2D eigenvalue weighted by molar-refractivity contribution is -0.0414. The second-order valence-corrected chi connectivity index (χ2v) is 8.99. The van der Waals surface area contributed by atoms with E-state index in [2.05, 4.69) is 25.0 Å². The number of aliphatic hydroxyl groups excluding tert-OH is 2.